The Kier molecular flexibility index (Phi) is 14.1. The second kappa shape index (κ2) is 13.1. The van der Waals surface area contributed by atoms with E-state index in [4.69, 9.17) is 10.6 Å². The zero-order chi connectivity index (χ0) is 13.7. The van der Waals surface area contributed by atoms with Gasteiger partial charge in [0, 0.05) is 19.9 Å². The first-order valence-corrected chi connectivity index (χ1v) is 5.92. The quantitative estimate of drug-likeness (QED) is 0.631. The van der Waals surface area contributed by atoms with Gasteiger partial charge in [-0.1, -0.05) is 18.2 Å². The summed E-state index contributed by atoms with van der Waals surface area (Å²) >= 11 is 0. The van der Waals surface area contributed by atoms with Crippen molar-refractivity contribution in [3.63, 3.8) is 0 Å². The number of nitrogen functional groups attached to an aromatic ring is 1. The molecular weight excluding hydrogens is 241 g/mol. The van der Waals surface area contributed by atoms with Gasteiger partial charge < -0.3 is 24.5 Å². The molecule has 1 rings (SSSR count). The predicted molar refractivity (Wildman–Crippen MR) is 70.4 cm³/mol. The van der Waals surface area contributed by atoms with E-state index in [0.717, 1.165) is 5.69 Å². The van der Waals surface area contributed by atoms with Gasteiger partial charge in [0.05, 0.1) is 0 Å². The summed E-state index contributed by atoms with van der Waals surface area (Å²) in [5, 5.41) is 0. The van der Waals surface area contributed by atoms with Gasteiger partial charge in [-0.15, -0.1) is 0 Å². The molecule has 1 aromatic carbocycles. The lowest BCUT2D eigenvalue weighted by Gasteiger charge is -1.98. The van der Waals surface area contributed by atoms with E-state index in [1.807, 2.05) is 30.3 Å². The van der Waals surface area contributed by atoms with Gasteiger partial charge in [-0.25, -0.2) is 0 Å². The number of anilines is 1. The standard InChI is InChI=1S/C6H7N.C3H6O.C2H7O3P/c7-6-4-2-1-3-5-6;1-3(2)4;1-4-6(3)5-2/h1-5H,7H2;1-2H3;3H,1-2H3. The molecule has 5 nitrogen and oxygen atoms in total. The fourth-order valence-electron chi connectivity index (χ4n) is 0.528. The second-order valence-electron chi connectivity index (χ2n) is 2.92. The molecule has 0 saturated heterocycles. The normalized spacial score (nSPS) is 8.59. The maximum atomic E-state index is 9.44. The van der Waals surface area contributed by atoms with Crippen molar-refractivity contribution in [3.8, 4) is 0 Å². The van der Waals surface area contributed by atoms with Crippen LogP contribution in [0.4, 0.5) is 5.69 Å². The molecule has 0 radical (unpaired) electrons. The monoisotopic (exact) mass is 261 g/mol. The van der Waals surface area contributed by atoms with Crippen molar-refractivity contribution in [2.75, 3.05) is 20.0 Å². The van der Waals surface area contributed by atoms with Gasteiger partial charge in [-0.3, -0.25) is 0 Å². The minimum absolute atomic E-state index is 0.167. The lowest BCUT2D eigenvalue weighted by Crippen LogP contribution is -1.79. The number of hydrogen-bond donors (Lipinski definition) is 2. The third-order valence-corrected chi connectivity index (χ3v) is 1.74. The summed E-state index contributed by atoms with van der Waals surface area (Å²) in [6, 6.07) is 9.49. The number of para-hydroxylation sites is 1. The Hall–Kier alpha value is -1.00. The number of hydrogen-bond acceptors (Lipinski definition) is 5. The molecule has 0 bridgehead atoms. The van der Waals surface area contributed by atoms with Crippen LogP contribution >= 0.6 is 8.60 Å². The van der Waals surface area contributed by atoms with E-state index in [-0.39, 0.29) is 5.78 Å². The minimum atomic E-state index is -1.58. The molecule has 0 aliphatic carbocycles. The van der Waals surface area contributed by atoms with Gasteiger partial charge in [0.2, 0.25) is 0 Å². The molecule has 0 aliphatic heterocycles. The van der Waals surface area contributed by atoms with Crippen LogP contribution in [0.15, 0.2) is 30.3 Å². The fraction of sp³-hybridized carbons (Fsp3) is 0.364. The van der Waals surface area contributed by atoms with E-state index in [1.165, 1.54) is 28.1 Å². The molecule has 0 amide bonds. The molecule has 1 aromatic rings. The van der Waals surface area contributed by atoms with E-state index >= 15 is 0 Å². The molecule has 0 fully saturated rings. The summed E-state index contributed by atoms with van der Waals surface area (Å²) in [6.07, 6.45) is 0. The summed E-state index contributed by atoms with van der Waals surface area (Å²) in [5.74, 6) is 0.167. The van der Waals surface area contributed by atoms with E-state index in [1.54, 1.807) is 0 Å². The number of benzene rings is 1. The predicted octanol–water partition coefficient (Wildman–Crippen LogP) is 2.36. The van der Waals surface area contributed by atoms with Crippen LogP contribution in [0.3, 0.4) is 0 Å². The molecule has 0 heterocycles. The Bertz CT molecular complexity index is 274. The Morgan fingerprint density at radius 3 is 1.65 bits per heavy atom. The number of nitrogens with two attached hydrogens (primary N) is 1. The first-order valence-electron chi connectivity index (χ1n) is 4.79. The number of carbonyl (C=O) groups excluding carboxylic acids is 1. The average molecular weight is 261 g/mol. The van der Waals surface area contributed by atoms with Crippen molar-refractivity contribution >= 4 is 20.1 Å². The highest BCUT2D eigenvalue weighted by Crippen LogP contribution is 2.28. The summed E-state index contributed by atoms with van der Waals surface area (Å²) in [5.41, 5.74) is 6.18. The molecule has 0 spiro atoms. The van der Waals surface area contributed by atoms with Crippen LogP contribution in [0.5, 0.6) is 0 Å². The molecular formula is C11H20NO4P. The van der Waals surface area contributed by atoms with Crippen LogP contribution in [0, 0.1) is 0 Å². The molecule has 3 N–H and O–H groups in total. The lowest BCUT2D eigenvalue weighted by atomic mass is 10.3. The molecule has 0 saturated carbocycles. The highest BCUT2D eigenvalue weighted by molar-refractivity contribution is 7.40. The van der Waals surface area contributed by atoms with Crippen molar-refractivity contribution < 1.29 is 18.7 Å². The number of rotatable bonds is 2. The molecule has 98 valence electrons. The maximum absolute atomic E-state index is 9.44. The van der Waals surface area contributed by atoms with Gasteiger partial charge in [0.25, 0.3) is 0 Å². The zero-order valence-electron chi connectivity index (χ0n) is 10.6. The van der Waals surface area contributed by atoms with Gasteiger partial charge in [-0.2, -0.15) is 0 Å². The third kappa shape index (κ3) is 21.0. The topological polar surface area (TPSA) is 81.8 Å². The highest BCUT2D eigenvalue weighted by Gasteiger charge is 1.94. The van der Waals surface area contributed by atoms with Crippen molar-refractivity contribution in [3.05, 3.63) is 30.3 Å². The largest absolute Gasteiger partial charge is 0.399 e. The second-order valence-corrected chi connectivity index (χ2v) is 4.13. The molecule has 0 aliphatic rings. The number of carbonyl (C=O) groups is 1. The zero-order valence-corrected chi connectivity index (χ0v) is 11.5. The van der Waals surface area contributed by atoms with Crippen molar-refractivity contribution in [1.82, 2.24) is 0 Å². The van der Waals surface area contributed by atoms with Gasteiger partial charge in [-0.05, 0) is 26.0 Å². The Labute approximate surface area is 104 Å². The number of Topliss-reactive ketones (excluding diaryl/α,β-unsaturated/α-hetero) is 1. The first kappa shape index (κ1) is 18.4. The Balaban J connectivity index is 0. The maximum Gasteiger partial charge on any atom is 0.329 e. The highest BCUT2D eigenvalue weighted by atomic mass is 31.2. The van der Waals surface area contributed by atoms with E-state index in [9.17, 15) is 4.79 Å². The average Bonchev–Trinajstić information content (AvgIpc) is 2.29. The van der Waals surface area contributed by atoms with E-state index in [2.05, 4.69) is 9.05 Å². The van der Waals surface area contributed by atoms with Crippen LogP contribution in [-0.2, 0) is 13.8 Å². The summed E-state index contributed by atoms with van der Waals surface area (Å²) < 4.78 is 8.59. The summed E-state index contributed by atoms with van der Waals surface area (Å²) in [7, 11) is 1.19. The lowest BCUT2D eigenvalue weighted by molar-refractivity contribution is -0.114. The first-order chi connectivity index (χ1) is 7.93. The smallest absolute Gasteiger partial charge is 0.329 e. The van der Waals surface area contributed by atoms with E-state index < -0.39 is 8.60 Å². The van der Waals surface area contributed by atoms with Gasteiger partial charge >= 0.3 is 8.60 Å². The van der Waals surface area contributed by atoms with Crippen LogP contribution in [0.25, 0.3) is 0 Å². The molecule has 0 unspecified atom stereocenters. The number of ketones is 1. The van der Waals surface area contributed by atoms with Crippen molar-refractivity contribution in [1.29, 1.82) is 0 Å². The van der Waals surface area contributed by atoms with Crippen LogP contribution in [-0.4, -0.2) is 24.9 Å². The summed E-state index contributed by atoms with van der Waals surface area (Å²) in [4.78, 5) is 17.7. The van der Waals surface area contributed by atoms with Crippen LogP contribution < -0.4 is 5.73 Å². The fourth-order valence-corrected chi connectivity index (χ4v) is 0.677. The van der Waals surface area contributed by atoms with Gasteiger partial charge in [0.1, 0.15) is 5.78 Å². The minimum Gasteiger partial charge on any atom is -0.399 e. The summed E-state index contributed by atoms with van der Waals surface area (Å²) in [6.45, 7) is 3.06. The molecule has 6 heteroatoms. The van der Waals surface area contributed by atoms with E-state index in [0.29, 0.717) is 0 Å². The Morgan fingerprint density at radius 2 is 1.53 bits per heavy atom. The molecule has 17 heavy (non-hydrogen) atoms. The SMILES string of the molecule is CC(C)=O.COP(O)OC.Nc1ccccc1. The van der Waals surface area contributed by atoms with Crippen LogP contribution in [0.2, 0.25) is 0 Å². The van der Waals surface area contributed by atoms with Crippen LogP contribution in [0.1, 0.15) is 13.8 Å². The Morgan fingerprint density at radius 1 is 1.18 bits per heavy atom. The van der Waals surface area contributed by atoms with Crippen molar-refractivity contribution in [2.45, 2.75) is 13.8 Å². The molecule has 0 atom stereocenters. The van der Waals surface area contributed by atoms with Crippen molar-refractivity contribution in [2.24, 2.45) is 0 Å². The van der Waals surface area contributed by atoms with Gasteiger partial charge in [0.15, 0.2) is 0 Å². The molecule has 0 aromatic heterocycles. The third-order valence-electron chi connectivity index (χ3n) is 1.11.